The molecule has 0 fully saturated rings. The Morgan fingerprint density at radius 3 is 2.90 bits per heavy atom. The summed E-state index contributed by atoms with van der Waals surface area (Å²) in [5, 5.41) is 4.11. The van der Waals surface area contributed by atoms with E-state index in [1.54, 1.807) is 41.3 Å². The van der Waals surface area contributed by atoms with Crippen molar-refractivity contribution < 1.29 is 9.21 Å². The molecular weight excluding hydrogens is 258 g/mol. The SMILES string of the molecule is NC(=O)Cc1cc(-n2cccn2)nc(-c2ccco2)n1. The molecule has 0 aliphatic rings. The third-order valence-electron chi connectivity index (χ3n) is 2.60. The van der Waals surface area contributed by atoms with Gasteiger partial charge in [0.15, 0.2) is 17.4 Å². The fraction of sp³-hybridized carbons (Fsp3) is 0.0769. The Morgan fingerprint density at radius 1 is 1.35 bits per heavy atom. The Hall–Kier alpha value is -2.96. The number of nitrogens with two attached hydrogens (primary N) is 1. The van der Waals surface area contributed by atoms with Crippen molar-refractivity contribution in [2.24, 2.45) is 5.73 Å². The first-order chi connectivity index (χ1) is 9.72. The smallest absolute Gasteiger partial charge is 0.223 e. The highest BCUT2D eigenvalue weighted by Gasteiger charge is 2.11. The van der Waals surface area contributed by atoms with Crippen molar-refractivity contribution in [3.63, 3.8) is 0 Å². The van der Waals surface area contributed by atoms with Gasteiger partial charge in [-0.2, -0.15) is 5.10 Å². The van der Waals surface area contributed by atoms with Crippen LogP contribution in [0, 0.1) is 0 Å². The molecule has 0 aromatic carbocycles. The van der Waals surface area contributed by atoms with E-state index in [0.29, 0.717) is 23.1 Å². The fourth-order valence-electron chi connectivity index (χ4n) is 1.79. The molecule has 7 heteroatoms. The number of nitrogens with zero attached hydrogens (tertiary/aromatic N) is 4. The molecule has 3 aromatic heterocycles. The molecule has 20 heavy (non-hydrogen) atoms. The minimum absolute atomic E-state index is 0.0322. The van der Waals surface area contributed by atoms with Gasteiger partial charge in [-0.1, -0.05) is 0 Å². The van der Waals surface area contributed by atoms with E-state index in [2.05, 4.69) is 15.1 Å². The van der Waals surface area contributed by atoms with Gasteiger partial charge in [-0.05, 0) is 18.2 Å². The van der Waals surface area contributed by atoms with Gasteiger partial charge in [0, 0.05) is 18.5 Å². The zero-order chi connectivity index (χ0) is 13.9. The largest absolute Gasteiger partial charge is 0.461 e. The molecule has 0 saturated heterocycles. The maximum absolute atomic E-state index is 11.1. The number of carbonyl (C=O) groups is 1. The molecule has 3 rings (SSSR count). The van der Waals surface area contributed by atoms with Crippen LogP contribution in [-0.2, 0) is 11.2 Å². The molecule has 0 aliphatic carbocycles. The van der Waals surface area contributed by atoms with Crippen LogP contribution >= 0.6 is 0 Å². The number of carbonyl (C=O) groups excluding carboxylic acids is 1. The lowest BCUT2D eigenvalue weighted by atomic mass is 10.2. The zero-order valence-corrected chi connectivity index (χ0v) is 10.4. The average Bonchev–Trinajstić information content (AvgIpc) is 3.11. The van der Waals surface area contributed by atoms with Crippen LogP contribution in [-0.4, -0.2) is 25.7 Å². The summed E-state index contributed by atoms with van der Waals surface area (Å²) in [7, 11) is 0. The van der Waals surface area contributed by atoms with E-state index in [1.807, 2.05) is 0 Å². The Bertz CT molecular complexity index is 667. The number of furan rings is 1. The molecule has 3 aromatic rings. The summed E-state index contributed by atoms with van der Waals surface area (Å²) >= 11 is 0. The Morgan fingerprint density at radius 2 is 2.25 bits per heavy atom. The van der Waals surface area contributed by atoms with Crippen LogP contribution in [0.25, 0.3) is 17.4 Å². The van der Waals surface area contributed by atoms with Gasteiger partial charge in [0.1, 0.15) is 0 Å². The quantitative estimate of drug-likeness (QED) is 0.760. The molecule has 1 amide bonds. The number of rotatable bonds is 4. The Kier molecular flexibility index (Phi) is 3.00. The van der Waals surface area contributed by atoms with Gasteiger partial charge in [0.05, 0.1) is 18.4 Å². The lowest BCUT2D eigenvalue weighted by molar-refractivity contribution is -0.117. The molecule has 0 aliphatic heterocycles. The lowest BCUT2D eigenvalue weighted by Gasteiger charge is -2.05. The molecule has 0 unspecified atom stereocenters. The maximum atomic E-state index is 11.1. The van der Waals surface area contributed by atoms with Crippen molar-refractivity contribution in [3.8, 4) is 17.4 Å². The molecular formula is C13H11N5O2. The highest BCUT2D eigenvalue weighted by Crippen LogP contribution is 2.18. The third kappa shape index (κ3) is 2.41. The number of aromatic nitrogens is 4. The summed E-state index contributed by atoms with van der Waals surface area (Å²) in [6.45, 7) is 0. The van der Waals surface area contributed by atoms with Crippen molar-refractivity contribution in [3.05, 3.63) is 48.6 Å². The first kappa shape index (κ1) is 12.1. The average molecular weight is 269 g/mol. The molecule has 7 nitrogen and oxygen atoms in total. The third-order valence-corrected chi connectivity index (χ3v) is 2.60. The summed E-state index contributed by atoms with van der Waals surface area (Å²) in [5.41, 5.74) is 5.73. The van der Waals surface area contributed by atoms with Crippen LogP contribution in [0.3, 0.4) is 0 Å². The monoisotopic (exact) mass is 269 g/mol. The summed E-state index contributed by atoms with van der Waals surface area (Å²) < 4.78 is 6.86. The summed E-state index contributed by atoms with van der Waals surface area (Å²) in [5.74, 6) is 0.997. The van der Waals surface area contributed by atoms with Crippen LogP contribution in [0.5, 0.6) is 0 Å². The highest BCUT2D eigenvalue weighted by atomic mass is 16.3. The molecule has 0 saturated carbocycles. The van der Waals surface area contributed by atoms with Gasteiger partial charge in [0.25, 0.3) is 0 Å². The highest BCUT2D eigenvalue weighted by molar-refractivity contribution is 5.76. The van der Waals surface area contributed by atoms with E-state index in [9.17, 15) is 4.79 Å². The first-order valence-electron chi connectivity index (χ1n) is 5.92. The predicted molar refractivity (Wildman–Crippen MR) is 69.8 cm³/mol. The Labute approximate surface area is 114 Å². The number of amides is 1. The van der Waals surface area contributed by atoms with Gasteiger partial charge < -0.3 is 10.2 Å². The van der Waals surface area contributed by atoms with E-state index in [4.69, 9.17) is 10.2 Å². The number of hydrogen-bond donors (Lipinski definition) is 1. The van der Waals surface area contributed by atoms with E-state index < -0.39 is 5.91 Å². The van der Waals surface area contributed by atoms with E-state index in [1.165, 1.54) is 6.26 Å². The second-order valence-corrected chi connectivity index (χ2v) is 4.11. The van der Waals surface area contributed by atoms with Crippen molar-refractivity contribution >= 4 is 5.91 Å². The molecule has 0 atom stereocenters. The fourth-order valence-corrected chi connectivity index (χ4v) is 1.79. The molecule has 0 radical (unpaired) electrons. The zero-order valence-electron chi connectivity index (χ0n) is 10.4. The summed E-state index contributed by atoms with van der Waals surface area (Å²) in [6.07, 6.45) is 4.96. The molecule has 2 N–H and O–H groups in total. The van der Waals surface area contributed by atoms with E-state index >= 15 is 0 Å². The normalized spacial score (nSPS) is 10.6. The molecule has 0 bridgehead atoms. The maximum Gasteiger partial charge on any atom is 0.223 e. The van der Waals surface area contributed by atoms with Gasteiger partial charge in [-0.25, -0.2) is 14.6 Å². The van der Waals surface area contributed by atoms with Crippen molar-refractivity contribution in [1.29, 1.82) is 0 Å². The summed E-state index contributed by atoms with van der Waals surface area (Å²) in [6, 6.07) is 6.94. The van der Waals surface area contributed by atoms with Gasteiger partial charge in [-0.3, -0.25) is 4.79 Å². The van der Waals surface area contributed by atoms with E-state index in [-0.39, 0.29) is 6.42 Å². The van der Waals surface area contributed by atoms with Crippen molar-refractivity contribution in [2.75, 3.05) is 0 Å². The van der Waals surface area contributed by atoms with Crippen molar-refractivity contribution in [2.45, 2.75) is 6.42 Å². The lowest BCUT2D eigenvalue weighted by Crippen LogP contribution is -2.15. The topological polar surface area (TPSA) is 99.8 Å². The minimum atomic E-state index is -0.458. The van der Waals surface area contributed by atoms with Crippen LogP contribution in [0.4, 0.5) is 0 Å². The minimum Gasteiger partial charge on any atom is -0.461 e. The standard InChI is InChI=1S/C13H11N5O2/c14-11(19)7-9-8-12(18-5-2-4-15-18)17-13(16-9)10-3-1-6-20-10/h1-6,8H,7H2,(H2,14,19). The van der Waals surface area contributed by atoms with Crippen molar-refractivity contribution in [1.82, 2.24) is 19.7 Å². The Balaban J connectivity index is 2.10. The predicted octanol–water partition coefficient (Wildman–Crippen LogP) is 0.950. The van der Waals surface area contributed by atoms with Gasteiger partial charge >= 0.3 is 0 Å². The van der Waals surface area contributed by atoms with Gasteiger partial charge in [-0.15, -0.1) is 0 Å². The van der Waals surface area contributed by atoms with E-state index in [0.717, 1.165) is 0 Å². The summed E-state index contributed by atoms with van der Waals surface area (Å²) in [4.78, 5) is 19.7. The van der Waals surface area contributed by atoms with Gasteiger partial charge in [0.2, 0.25) is 5.91 Å². The van der Waals surface area contributed by atoms with Crippen LogP contribution in [0.15, 0.2) is 47.3 Å². The van der Waals surface area contributed by atoms with Crippen LogP contribution < -0.4 is 5.73 Å². The van der Waals surface area contributed by atoms with Crippen LogP contribution in [0.2, 0.25) is 0 Å². The first-order valence-corrected chi connectivity index (χ1v) is 5.92. The molecule has 3 heterocycles. The number of primary amides is 1. The van der Waals surface area contributed by atoms with Crippen LogP contribution in [0.1, 0.15) is 5.69 Å². The molecule has 100 valence electrons. The number of hydrogen-bond acceptors (Lipinski definition) is 5. The second-order valence-electron chi connectivity index (χ2n) is 4.11. The second kappa shape index (κ2) is 4.96. The molecule has 0 spiro atoms.